The average molecular weight is 299 g/mol. The molecule has 0 aromatic heterocycles. The van der Waals surface area contributed by atoms with E-state index in [9.17, 15) is 4.79 Å². The van der Waals surface area contributed by atoms with Gasteiger partial charge in [-0.3, -0.25) is 5.32 Å². The number of carbonyl (C=O) groups excluding carboxylic acids is 1. The monoisotopic (exact) mass is 299 g/mol. The van der Waals surface area contributed by atoms with Crippen LogP contribution in [0.15, 0.2) is 68.0 Å². The number of rotatable bonds is 2. The van der Waals surface area contributed by atoms with Gasteiger partial charge in [-0.2, -0.15) is 0 Å². The van der Waals surface area contributed by atoms with Gasteiger partial charge in [0.2, 0.25) is 5.96 Å². The van der Waals surface area contributed by atoms with E-state index in [4.69, 9.17) is 0 Å². The quantitative estimate of drug-likeness (QED) is 0.912. The predicted molar refractivity (Wildman–Crippen MR) is 83.5 cm³/mol. The summed E-state index contributed by atoms with van der Waals surface area (Å²) in [7, 11) is 1.31. The van der Waals surface area contributed by atoms with Gasteiger partial charge < -0.3 is 4.74 Å². The zero-order valence-corrected chi connectivity index (χ0v) is 12.2. The van der Waals surface area contributed by atoms with Gasteiger partial charge in [0.1, 0.15) is 0 Å². The van der Waals surface area contributed by atoms with Crippen LogP contribution >= 0.6 is 11.8 Å². The number of aliphatic imine (C=N–C) groups is 2. The molecule has 0 radical (unpaired) electrons. The number of allylic oxidation sites excluding steroid dienone is 4. The van der Waals surface area contributed by atoms with Gasteiger partial charge in [-0.1, -0.05) is 30.0 Å². The zero-order chi connectivity index (χ0) is 14.7. The molecule has 1 aromatic rings. The smallest absolute Gasteiger partial charge is 0.413 e. The summed E-state index contributed by atoms with van der Waals surface area (Å²) in [6.45, 7) is 0. The second-order valence-corrected chi connectivity index (χ2v) is 5.59. The van der Waals surface area contributed by atoms with Gasteiger partial charge in [-0.05, 0) is 29.2 Å². The van der Waals surface area contributed by atoms with Crippen molar-refractivity contribution in [2.75, 3.05) is 7.11 Å². The summed E-state index contributed by atoms with van der Waals surface area (Å²) in [5.74, 6) is 0.280. The maximum atomic E-state index is 11.2. The topological polar surface area (TPSA) is 63.0 Å². The Balaban J connectivity index is 1.69. The molecule has 106 valence electrons. The molecule has 21 heavy (non-hydrogen) atoms. The normalized spacial score (nSPS) is 16.2. The van der Waals surface area contributed by atoms with Crippen LogP contribution in [-0.2, 0) is 4.74 Å². The first kappa shape index (κ1) is 13.6. The Morgan fingerprint density at radius 1 is 1.24 bits per heavy atom. The van der Waals surface area contributed by atoms with E-state index in [2.05, 4.69) is 32.2 Å². The fourth-order valence-corrected chi connectivity index (χ4v) is 2.90. The number of fused-ring (bicyclic) bond motifs is 1. The number of guanidine groups is 1. The molecule has 1 amide bonds. The first-order chi connectivity index (χ1) is 10.2. The third-order valence-electron chi connectivity index (χ3n) is 2.92. The second kappa shape index (κ2) is 5.97. The molecule has 1 heterocycles. The summed E-state index contributed by atoms with van der Waals surface area (Å²) in [6.07, 6.45) is 4.10. The summed E-state index contributed by atoms with van der Waals surface area (Å²) in [4.78, 5) is 22.1. The molecule has 0 spiro atoms. The van der Waals surface area contributed by atoms with E-state index in [0.29, 0.717) is 6.42 Å². The maximum absolute atomic E-state index is 11.2. The number of thioether (sulfide) groups is 1. The van der Waals surface area contributed by atoms with E-state index in [0.717, 1.165) is 11.4 Å². The third-order valence-corrected chi connectivity index (χ3v) is 3.97. The van der Waals surface area contributed by atoms with Gasteiger partial charge in [-0.15, -0.1) is 0 Å². The van der Waals surface area contributed by atoms with Crippen LogP contribution in [-0.4, -0.2) is 24.9 Å². The molecule has 2 aliphatic rings. The van der Waals surface area contributed by atoms with E-state index >= 15 is 0 Å². The highest BCUT2D eigenvalue weighted by Crippen LogP contribution is 2.33. The number of amides is 1. The zero-order valence-electron chi connectivity index (χ0n) is 11.4. The molecule has 5 nitrogen and oxygen atoms in total. The number of alkyl carbamates (subject to hydrolysis) is 1. The molecular formula is C15H13N3O2S. The Hall–Kier alpha value is -2.34. The van der Waals surface area contributed by atoms with Crippen LogP contribution in [0.5, 0.6) is 0 Å². The van der Waals surface area contributed by atoms with Crippen LogP contribution in [0, 0.1) is 0 Å². The minimum absolute atomic E-state index is 0.280. The Kier molecular flexibility index (Phi) is 3.87. The van der Waals surface area contributed by atoms with Crippen molar-refractivity contribution in [3.8, 4) is 0 Å². The highest BCUT2D eigenvalue weighted by molar-refractivity contribution is 8.03. The lowest BCUT2D eigenvalue weighted by Crippen LogP contribution is -2.28. The summed E-state index contributed by atoms with van der Waals surface area (Å²) < 4.78 is 4.53. The largest absolute Gasteiger partial charge is 0.453 e. The van der Waals surface area contributed by atoms with Crippen molar-refractivity contribution in [2.45, 2.75) is 11.3 Å². The molecule has 0 saturated carbocycles. The lowest BCUT2D eigenvalue weighted by Gasteiger charge is -2.10. The number of hydrogen-bond acceptors (Lipinski definition) is 5. The number of carbonyl (C=O) groups is 1. The van der Waals surface area contributed by atoms with Crippen molar-refractivity contribution < 1.29 is 9.53 Å². The van der Waals surface area contributed by atoms with Gasteiger partial charge >= 0.3 is 6.09 Å². The van der Waals surface area contributed by atoms with Gasteiger partial charge in [0.05, 0.1) is 18.5 Å². The summed E-state index contributed by atoms with van der Waals surface area (Å²) in [5, 5.41) is 2.48. The lowest BCUT2D eigenvalue weighted by molar-refractivity contribution is 0.176. The highest BCUT2D eigenvalue weighted by atomic mass is 32.2. The molecule has 0 bridgehead atoms. The van der Waals surface area contributed by atoms with E-state index in [-0.39, 0.29) is 5.96 Å². The van der Waals surface area contributed by atoms with Crippen LogP contribution < -0.4 is 5.32 Å². The van der Waals surface area contributed by atoms with Crippen molar-refractivity contribution in [3.63, 3.8) is 0 Å². The SMILES string of the molecule is COC(=O)NC1=NC2=CC=C(Sc3ccccc3)CC2=N1. The van der Waals surface area contributed by atoms with E-state index < -0.39 is 6.09 Å². The molecule has 0 saturated heterocycles. The molecule has 0 atom stereocenters. The third kappa shape index (κ3) is 3.22. The maximum Gasteiger partial charge on any atom is 0.413 e. The van der Waals surface area contributed by atoms with E-state index in [1.165, 1.54) is 16.9 Å². The lowest BCUT2D eigenvalue weighted by atomic mass is 10.1. The molecule has 1 N–H and O–H groups in total. The summed E-state index contributed by atoms with van der Waals surface area (Å²) in [5.41, 5.74) is 1.65. The molecule has 0 fully saturated rings. The van der Waals surface area contributed by atoms with E-state index in [1.807, 2.05) is 30.4 Å². The number of methoxy groups -OCH3 is 1. The van der Waals surface area contributed by atoms with Crippen LogP contribution in [0.2, 0.25) is 0 Å². The highest BCUT2D eigenvalue weighted by Gasteiger charge is 2.21. The molecule has 1 aliphatic carbocycles. The summed E-state index contributed by atoms with van der Waals surface area (Å²) in [6, 6.07) is 10.2. The van der Waals surface area contributed by atoms with Gasteiger partial charge in [0.15, 0.2) is 0 Å². The minimum Gasteiger partial charge on any atom is -0.453 e. The molecule has 3 rings (SSSR count). The molecule has 0 unspecified atom stereocenters. The molecular weight excluding hydrogens is 286 g/mol. The standard InChI is InChI=1S/C15H13N3O2S/c1-20-15(19)18-14-16-12-8-7-11(9-13(12)17-14)21-10-5-3-2-4-6-10/h2-8H,9H2,1H3,(H,16,18,19). The Labute approximate surface area is 126 Å². The number of ether oxygens (including phenoxy) is 1. The van der Waals surface area contributed by atoms with Crippen molar-refractivity contribution in [1.82, 2.24) is 5.32 Å². The second-order valence-electron chi connectivity index (χ2n) is 4.39. The van der Waals surface area contributed by atoms with Crippen molar-refractivity contribution in [2.24, 2.45) is 9.98 Å². The van der Waals surface area contributed by atoms with Gasteiger partial charge in [0.25, 0.3) is 0 Å². The van der Waals surface area contributed by atoms with Crippen molar-refractivity contribution in [1.29, 1.82) is 0 Å². The first-order valence-electron chi connectivity index (χ1n) is 6.40. The van der Waals surface area contributed by atoms with Crippen molar-refractivity contribution >= 4 is 29.5 Å². The average Bonchev–Trinajstić information content (AvgIpc) is 2.89. The van der Waals surface area contributed by atoms with Crippen LogP contribution in [0.1, 0.15) is 6.42 Å². The minimum atomic E-state index is -0.566. The van der Waals surface area contributed by atoms with Gasteiger partial charge in [0, 0.05) is 11.3 Å². The first-order valence-corrected chi connectivity index (χ1v) is 7.21. The fourth-order valence-electron chi connectivity index (χ4n) is 1.96. The van der Waals surface area contributed by atoms with Crippen molar-refractivity contribution in [3.05, 3.63) is 53.1 Å². The van der Waals surface area contributed by atoms with Crippen LogP contribution in [0.4, 0.5) is 4.79 Å². The van der Waals surface area contributed by atoms with Gasteiger partial charge in [-0.25, -0.2) is 14.8 Å². The summed E-state index contributed by atoms with van der Waals surface area (Å²) >= 11 is 1.71. The number of hydrogen-bond donors (Lipinski definition) is 1. The molecule has 6 heteroatoms. The Bertz CT molecular complexity index is 690. The number of nitrogens with zero attached hydrogens (tertiary/aromatic N) is 2. The van der Waals surface area contributed by atoms with E-state index in [1.54, 1.807) is 11.8 Å². The Morgan fingerprint density at radius 2 is 2.05 bits per heavy atom. The Morgan fingerprint density at radius 3 is 2.81 bits per heavy atom. The fraction of sp³-hybridized carbons (Fsp3) is 0.133. The number of nitrogens with one attached hydrogen (secondary N) is 1. The van der Waals surface area contributed by atoms with Crippen LogP contribution in [0.3, 0.4) is 0 Å². The molecule has 1 aliphatic heterocycles. The predicted octanol–water partition coefficient (Wildman–Crippen LogP) is 3.12. The number of benzene rings is 1. The van der Waals surface area contributed by atoms with Crippen LogP contribution in [0.25, 0.3) is 0 Å². The molecule has 1 aromatic carbocycles.